The maximum atomic E-state index is 14.8. The molecule has 1 atom stereocenters. The minimum absolute atomic E-state index is 0.0462. The van der Waals surface area contributed by atoms with Gasteiger partial charge < -0.3 is 15.4 Å². The summed E-state index contributed by atoms with van der Waals surface area (Å²) in [6.45, 7) is 1.30. The second-order valence-corrected chi connectivity index (χ2v) is 8.04. The summed E-state index contributed by atoms with van der Waals surface area (Å²) in [5.41, 5.74) is 8.21. The molecule has 164 valence electrons. The van der Waals surface area contributed by atoms with Crippen molar-refractivity contribution in [2.75, 3.05) is 27.2 Å². The molecule has 2 aromatic carbocycles. The van der Waals surface area contributed by atoms with Crippen molar-refractivity contribution in [3.8, 4) is 16.9 Å². The molecule has 3 rings (SSSR count). The molecule has 0 saturated carbocycles. The fourth-order valence-electron chi connectivity index (χ4n) is 3.20. The first-order chi connectivity index (χ1) is 14.8. The van der Waals surface area contributed by atoms with Crippen LogP contribution in [0.4, 0.5) is 4.39 Å². The van der Waals surface area contributed by atoms with Crippen molar-refractivity contribution in [3.05, 3.63) is 70.8 Å². The number of nitrogens with one attached hydrogen (secondary N) is 1. The lowest BCUT2D eigenvalue weighted by atomic mass is 9.96. The third kappa shape index (κ3) is 6.13. The van der Waals surface area contributed by atoms with Crippen LogP contribution in [0, 0.1) is 5.82 Å². The van der Waals surface area contributed by atoms with Crippen LogP contribution in [0.1, 0.15) is 23.6 Å². The monoisotopic (exact) mass is 444 g/mol. The van der Waals surface area contributed by atoms with E-state index in [1.54, 1.807) is 36.5 Å². The fourth-order valence-corrected chi connectivity index (χ4v) is 3.33. The molecule has 1 aromatic heterocycles. The first-order valence-corrected chi connectivity index (χ1v) is 10.4. The van der Waals surface area contributed by atoms with Crippen molar-refractivity contribution in [1.29, 1.82) is 0 Å². The second-order valence-electron chi connectivity index (χ2n) is 7.60. The Morgan fingerprint density at radius 3 is 2.68 bits per heavy atom. The van der Waals surface area contributed by atoms with Gasteiger partial charge in [-0.05, 0) is 50.3 Å². The number of nitrogens with two attached hydrogens (primary N) is 1. The maximum absolute atomic E-state index is 14.8. The summed E-state index contributed by atoms with van der Waals surface area (Å²) in [4.78, 5) is 14.9. The highest BCUT2D eigenvalue weighted by Gasteiger charge is 2.20. The maximum Gasteiger partial charge on any atom is 0.158 e. The molecule has 1 unspecified atom stereocenters. The van der Waals surface area contributed by atoms with E-state index in [1.807, 2.05) is 14.1 Å². The number of hydrogen-bond acceptors (Lipinski definition) is 5. The Kier molecular flexibility index (Phi) is 7.79. The number of nitrogens with zero attached hydrogens (tertiary/aromatic N) is 2. The molecule has 3 N–H and O–H groups in total. The van der Waals surface area contributed by atoms with Crippen LogP contribution < -0.4 is 10.5 Å². The Morgan fingerprint density at radius 2 is 2.03 bits per heavy atom. The molecule has 8 heteroatoms. The number of ether oxygens (including phenoxy) is 1. The molecule has 3 aromatic rings. The Hall–Kier alpha value is -2.74. The number of rotatable bonds is 10. The van der Waals surface area contributed by atoms with E-state index in [2.05, 4.69) is 15.1 Å². The molecule has 1 heterocycles. The van der Waals surface area contributed by atoms with Gasteiger partial charge in [0.2, 0.25) is 0 Å². The predicted molar refractivity (Wildman–Crippen MR) is 120 cm³/mol. The van der Waals surface area contributed by atoms with Crippen molar-refractivity contribution in [2.24, 2.45) is 5.73 Å². The molecule has 0 radical (unpaired) electrons. The van der Waals surface area contributed by atoms with Crippen molar-refractivity contribution in [2.45, 2.75) is 18.9 Å². The average Bonchev–Trinajstić information content (AvgIpc) is 3.27. The number of halogens is 2. The minimum atomic E-state index is -0.838. The van der Waals surface area contributed by atoms with Crippen molar-refractivity contribution in [1.82, 2.24) is 15.1 Å². The Bertz CT molecular complexity index is 1010. The molecule has 0 aliphatic carbocycles. The van der Waals surface area contributed by atoms with Crippen LogP contribution in [0.3, 0.4) is 0 Å². The van der Waals surface area contributed by atoms with Crippen LogP contribution >= 0.6 is 11.6 Å². The van der Waals surface area contributed by atoms with E-state index in [9.17, 15) is 9.18 Å². The van der Waals surface area contributed by atoms with Gasteiger partial charge in [0.25, 0.3) is 0 Å². The third-order valence-electron chi connectivity index (χ3n) is 4.91. The SMILES string of the molecule is CN(C)CCCOc1cc(-c2cn[nH]c2)c(F)cc1CC(=O)C(N)c1ccc(Cl)cc1. The van der Waals surface area contributed by atoms with E-state index in [4.69, 9.17) is 22.1 Å². The molecule has 0 amide bonds. The van der Waals surface area contributed by atoms with Gasteiger partial charge in [0.15, 0.2) is 5.78 Å². The highest BCUT2D eigenvalue weighted by atomic mass is 35.5. The second kappa shape index (κ2) is 10.5. The molecule has 0 bridgehead atoms. The fraction of sp³-hybridized carbons (Fsp3) is 0.304. The standard InChI is InChI=1S/C23H26ClFN4O2/c1-29(2)8-3-9-31-22-12-19(17-13-27-28-14-17)20(25)10-16(22)11-21(30)23(26)15-4-6-18(24)7-5-15/h4-7,10,12-14,23H,3,8-9,11,26H2,1-2H3,(H,27,28). The summed E-state index contributed by atoms with van der Waals surface area (Å²) in [6, 6.07) is 8.92. The van der Waals surface area contributed by atoms with Crippen molar-refractivity contribution in [3.63, 3.8) is 0 Å². The van der Waals surface area contributed by atoms with Crippen LogP contribution in [0.5, 0.6) is 5.75 Å². The summed E-state index contributed by atoms with van der Waals surface area (Å²) >= 11 is 5.91. The van der Waals surface area contributed by atoms with E-state index in [0.717, 1.165) is 13.0 Å². The number of hydrogen-bond donors (Lipinski definition) is 2. The molecular formula is C23H26ClFN4O2. The molecule has 0 spiro atoms. The third-order valence-corrected chi connectivity index (χ3v) is 5.16. The number of carbonyl (C=O) groups is 1. The number of benzene rings is 2. The van der Waals surface area contributed by atoms with E-state index in [1.165, 1.54) is 12.3 Å². The van der Waals surface area contributed by atoms with Gasteiger partial charge >= 0.3 is 0 Å². The van der Waals surface area contributed by atoms with Gasteiger partial charge in [-0.2, -0.15) is 5.10 Å². The van der Waals surface area contributed by atoms with Gasteiger partial charge in [0.05, 0.1) is 18.8 Å². The van der Waals surface area contributed by atoms with E-state index in [0.29, 0.717) is 39.6 Å². The largest absolute Gasteiger partial charge is 0.493 e. The highest BCUT2D eigenvalue weighted by Crippen LogP contribution is 2.31. The molecule has 6 nitrogen and oxygen atoms in total. The lowest BCUT2D eigenvalue weighted by Gasteiger charge is -2.17. The molecule has 31 heavy (non-hydrogen) atoms. The van der Waals surface area contributed by atoms with Gasteiger partial charge in [0.1, 0.15) is 11.6 Å². The molecular weight excluding hydrogens is 419 g/mol. The molecule has 0 aliphatic rings. The Balaban J connectivity index is 1.83. The van der Waals surface area contributed by atoms with Crippen molar-refractivity contribution >= 4 is 17.4 Å². The van der Waals surface area contributed by atoms with Crippen LogP contribution in [-0.2, 0) is 11.2 Å². The average molecular weight is 445 g/mol. The smallest absolute Gasteiger partial charge is 0.158 e. The van der Waals surface area contributed by atoms with Gasteiger partial charge in [-0.1, -0.05) is 23.7 Å². The first-order valence-electron chi connectivity index (χ1n) is 9.98. The van der Waals surface area contributed by atoms with E-state index < -0.39 is 11.9 Å². The lowest BCUT2D eigenvalue weighted by Crippen LogP contribution is -2.23. The quantitative estimate of drug-likeness (QED) is 0.461. The summed E-state index contributed by atoms with van der Waals surface area (Å²) in [5.74, 6) is -0.228. The van der Waals surface area contributed by atoms with Gasteiger partial charge in [-0.15, -0.1) is 0 Å². The van der Waals surface area contributed by atoms with Crippen LogP contribution in [-0.4, -0.2) is 48.1 Å². The molecule has 0 fully saturated rings. The van der Waals surface area contributed by atoms with Gasteiger partial charge in [0, 0.05) is 40.9 Å². The zero-order valence-electron chi connectivity index (χ0n) is 17.6. The summed E-state index contributed by atoms with van der Waals surface area (Å²) in [5, 5.41) is 7.12. The van der Waals surface area contributed by atoms with Gasteiger partial charge in [-0.3, -0.25) is 9.89 Å². The van der Waals surface area contributed by atoms with Crippen LogP contribution in [0.2, 0.25) is 5.02 Å². The van der Waals surface area contributed by atoms with Gasteiger partial charge in [-0.25, -0.2) is 4.39 Å². The predicted octanol–water partition coefficient (Wildman–Crippen LogP) is 4.01. The lowest BCUT2D eigenvalue weighted by molar-refractivity contribution is -0.119. The number of carbonyl (C=O) groups excluding carboxylic acids is 1. The van der Waals surface area contributed by atoms with Crippen LogP contribution in [0.25, 0.3) is 11.1 Å². The number of aromatic nitrogens is 2. The number of ketones is 1. The molecule has 0 saturated heterocycles. The summed E-state index contributed by atoms with van der Waals surface area (Å²) in [7, 11) is 3.97. The van der Waals surface area contributed by atoms with Crippen LogP contribution in [0.15, 0.2) is 48.8 Å². The first kappa shape index (κ1) is 22.9. The number of H-pyrrole nitrogens is 1. The van der Waals surface area contributed by atoms with E-state index in [-0.39, 0.29) is 12.2 Å². The zero-order chi connectivity index (χ0) is 22.4. The topological polar surface area (TPSA) is 84.2 Å². The number of aromatic amines is 1. The Labute approximate surface area is 186 Å². The van der Waals surface area contributed by atoms with Crippen molar-refractivity contribution < 1.29 is 13.9 Å². The molecule has 0 aliphatic heterocycles. The summed E-state index contributed by atoms with van der Waals surface area (Å²) in [6.07, 6.45) is 3.89. The normalized spacial score (nSPS) is 12.2. The zero-order valence-corrected chi connectivity index (χ0v) is 18.3. The number of Topliss-reactive ketones (excluding diaryl/α,β-unsaturated/α-hetero) is 1. The minimum Gasteiger partial charge on any atom is -0.493 e. The Morgan fingerprint density at radius 1 is 1.29 bits per heavy atom. The highest BCUT2D eigenvalue weighted by molar-refractivity contribution is 6.30. The van der Waals surface area contributed by atoms with E-state index >= 15 is 0 Å². The summed E-state index contributed by atoms with van der Waals surface area (Å²) < 4.78 is 20.8.